The number of aromatic nitrogens is 2. The van der Waals surface area contributed by atoms with Gasteiger partial charge in [0.2, 0.25) is 0 Å². The largest absolute Gasteiger partial charge is 0.497 e. The van der Waals surface area contributed by atoms with Crippen LogP contribution in [-0.2, 0) is 6.42 Å². The molecule has 2 aromatic heterocycles. The number of methoxy groups -OCH3 is 1. The van der Waals surface area contributed by atoms with Crippen LogP contribution in [0.3, 0.4) is 0 Å². The predicted molar refractivity (Wildman–Crippen MR) is 158 cm³/mol. The summed E-state index contributed by atoms with van der Waals surface area (Å²) in [6, 6.07) is 13.5. The second kappa shape index (κ2) is 14.3. The molecule has 0 amide bonds. The van der Waals surface area contributed by atoms with E-state index in [2.05, 4.69) is 42.7 Å². The highest BCUT2D eigenvalue weighted by Crippen LogP contribution is 2.33. The molecule has 0 saturated carbocycles. The van der Waals surface area contributed by atoms with Crippen LogP contribution in [0.15, 0.2) is 84.3 Å². The third kappa shape index (κ3) is 6.62. The summed E-state index contributed by atoms with van der Waals surface area (Å²) in [5, 5.41) is 0. The topological polar surface area (TPSA) is 72.9 Å². The lowest BCUT2D eigenvalue weighted by Crippen LogP contribution is -2.33. The number of pyridine rings is 1. The molecule has 0 aliphatic heterocycles. The highest BCUT2D eigenvalue weighted by molar-refractivity contribution is 5.63. The van der Waals surface area contributed by atoms with Crippen LogP contribution in [0.5, 0.6) is 5.75 Å². The lowest BCUT2D eigenvalue weighted by Gasteiger charge is -2.35. The fraction of sp³-hybridized carbons (Fsp3) is 0.375. The molecule has 0 saturated heterocycles. The van der Waals surface area contributed by atoms with E-state index < -0.39 is 0 Å². The molecule has 2 N–H and O–H groups in total. The molecule has 6 heteroatoms. The molecule has 0 spiro atoms. The van der Waals surface area contributed by atoms with Gasteiger partial charge in [-0.3, -0.25) is 9.20 Å². The molecule has 0 radical (unpaired) electrons. The Bertz CT molecular complexity index is 1310. The third-order valence-electron chi connectivity index (χ3n) is 6.85. The van der Waals surface area contributed by atoms with Crippen LogP contribution in [0.2, 0.25) is 0 Å². The summed E-state index contributed by atoms with van der Waals surface area (Å²) >= 11 is 0. The Kier molecular flexibility index (Phi) is 10.9. The van der Waals surface area contributed by atoms with E-state index in [9.17, 15) is 4.79 Å². The minimum Gasteiger partial charge on any atom is -0.497 e. The van der Waals surface area contributed by atoms with Gasteiger partial charge in [-0.15, -0.1) is 0 Å². The summed E-state index contributed by atoms with van der Waals surface area (Å²) < 4.78 is 7.00. The van der Waals surface area contributed by atoms with Crippen molar-refractivity contribution in [2.45, 2.75) is 52.5 Å². The standard InChI is InChI=1S/C30H36N4O2.C2H6/c1-4-27(33(20-10-18-31)22(2)24-14-16-25(36-3)17-15-24)29-26(21-23-11-6-5-7-12-23)30(35)34-19-9-8-13-28(34)32-29;1-2/h5-9,11,13-17,19,23,27H,2,4,10,12,18,20-21,31H2,1,3H3;1-2H3. The van der Waals surface area contributed by atoms with Gasteiger partial charge in [0.15, 0.2) is 0 Å². The average molecular weight is 515 g/mol. The molecule has 2 heterocycles. The van der Waals surface area contributed by atoms with Crippen LogP contribution in [0.1, 0.15) is 62.9 Å². The van der Waals surface area contributed by atoms with Gasteiger partial charge in [-0.2, -0.15) is 0 Å². The Labute approximate surface area is 227 Å². The normalized spacial score (nSPS) is 15.0. The molecule has 2 unspecified atom stereocenters. The molecule has 1 aliphatic carbocycles. The Morgan fingerprint density at radius 2 is 1.97 bits per heavy atom. The monoisotopic (exact) mass is 514 g/mol. The van der Waals surface area contributed by atoms with E-state index in [4.69, 9.17) is 15.5 Å². The maximum atomic E-state index is 13.8. The first kappa shape index (κ1) is 28.9. The molecule has 38 heavy (non-hydrogen) atoms. The SMILES string of the molecule is C=C(c1ccc(OC)cc1)N(CCCN)C(CC)c1nc2ccccn2c(=O)c1CC1C=CC=CC1.CC. The Morgan fingerprint density at radius 3 is 2.61 bits per heavy atom. The van der Waals surface area contributed by atoms with Crippen molar-refractivity contribution in [3.63, 3.8) is 0 Å². The van der Waals surface area contributed by atoms with Crippen molar-refractivity contribution in [2.24, 2.45) is 11.7 Å². The van der Waals surface area contributed by atoms with Gasteiger partial charge in [0.05, 0.1) is 18.8 Å². The number of ether oxygens (including phenoxy) is 1. The highest BCUT2D eigenvalue weighted by atomic mass is 16.5. The second-order valence-corrected chi connectivity index (χ2v) is 9.16. The first-order valence-electron chi connectivity index (χ1n) is 13.7. The smallest absolute Gasteiger partial charge is 0.261 e. The molecule has 2 atom stereocenters. The first-order valence-corrected chi connectivity index (χ1v) is 13.7. The number of fused-ring (bicyclic) bond motifs is 1. The number of allylic oxidation sites excluding steroid dienone is 4. The van der Waals surface area contributed by atoms with Gasteiger partial charge in [-0.1, -0.05) is 57.7 Å². The van der Waals surface area contributed by atoms with E-state index >= 15 is 0 Å². The third-order valence-corrected chi connectivity index (χ3v) is 6.85. The summed E-state index contributed by atoms with van der Waals surface area (Å²) in [4.78, 5) is 21.2. The molecule has 6 nitrogen and oxygen atoms in total. The van der Waals surface area contributed by atoms with E-state index in [1.807, 2.05) is 56.3 Å². The minimum absolute atomic E-state index is 0.00541. The van der Waals surface area contributed by atoms with Crippen LogP contribution >= 0.6 is 0 Å². The van der Waals surface area contributed by atoms with Crippen LogP contribution in [0, 0.1) is 5.92 Å². The molecule has 1 aliphatic rings. The van der Waals surface area contributed by atoms with Gasteiger partial charge in [-0.25, -0.2) is 4.98 Å². The van der Waals surface area contributed by atoms with Crippen molar-refractivity contribution in [3.05, 3.63) is 107 Å². The van der Waals surface area contributed by atoms with Gasteiger partial charge in [0.1, 0.15) is 11.4 Å². The molecule has 1 aromatic carbocycles. The van der Waals surface area contributed by atoms with Crippen molar-refractivity contribution in [2.75, 3.05) is 20.2 Å². The zero-order valence-corrected chi connectivity index (χ0v) is 23.3. The number of nitrogens with zero attached hydrogens (tertiary/aromatic N) is 3. The average Bonchev–Trinajstić information content (AvgIpc) is 2.98. The van der Waals surface area contributed by atoms with Crippen molar-refractivity contribution in [1.82, 2.24) is 14.3 Å². The summed E-state index contributed by atoms with van der Waals surface area (Å²) in [5.74, 6) is 1.07. The second-order valence-electron chi connectivity index (χ2n) is 9.16. The van der Waals surface area contributed by atoms with Gasteiger partial charge in [0, 0.05) is 24.0 Å². The van der Waals surface area contributed by atoms with Crippen molar-refractivity contribution in [3.8, 4) is 5.75 Å². The molecule has 4 rings (SSSR count). The lowest BCUT2D eigenvalue weighted by molar-refractivity contribution is 0.281. The maximum Gasteiger partial charge on any atom is 0.261 e. The number of rotatable bonds is 11. The number of nitrogens with two attached hydrogens (primary N) is 1. The fourth-order valence-electron chi connectivity index (χ4n) is 4.91. The van der Waals surface area contributed by atoms with Crippen LogP contribution < -0.4 is 16.0 Å². The molecule has 202 valence electrons. The summed E-state index contributed by atoms with van der Waals surface area (Å²) in [7, 11) is 1.66. The Balaban J connectivity index is 0.00000195. The van der Waals surface area contributed by atoms with E-state index in [0.29, 0.717) is 18.6 Å². The summed E-state index contributed by atoms with van der Waals surface area (Å²) in [5.41, 5.74) is 10.1. The number of benzene rings is 1. The molecular weight excluding hydrogens is 472 g/mol. The summed E-state index contributed by atoms with van der Waals surface area (Å²) in [6.07, 6.45) is 13.4. The predicted octanol–water partition coefficient (Wildman–Crippen LogP) is 6.18. The van der Waals surface area contributed by atoms with Gasteiger partial charge in [0.25, 0.3) is 5.56 Å². The van der Waals surface area contributed by atoms with Gasteiger partial charge >= 0.3 is 0 Å². The first-order chi connectivity index (χ1) is 18.6. The highest BCUT2D eigenvalue weighted by Gasteiger charge is 2.28. The summed E-state index contributed by atoms with van der Waals surface area (Å²) in [6.45, 7) is 11.9. The maximum absolute atomic E-state index is 13.8. The molecular formula is C32H42N4O2. The number of hydrogen-bond acceptors (Lipinski definition) is 5. The quantitative estimate of drug-likeness (QED) is 0.331. The zero-order chi connectivity index (χ0) is 27.5. The van der Waals surface area contributed by atoms with Crippen molar-refractivity contribution < 1.29 is 4.74 Å². The van der Waals surface area contributed by atoms with Crippen LogP contribution in [0.4, 0.5) is 0 Å². The van der Waals surface area contributed by atoms with E-state index in [1.165, 1.54) is 0 Å². The van der Waals surface area contributed by atoms with Crippen LogP contribution in [0.25, 0.3) is 11.3 Å². The van der Waals surface area contributed by atoms with E-state index in [0.717, 1.165) is 54.1 Å². The Hall–Kier alpha value is -3.64. The van der Waals surface area contributed by atoms with Crippen molar-refractivity contribution in [1.29, 1.82) is 0 Å². The minimum atomic E-state index is -0.109. The fourth-order valence-corrected chi connectivity index (χ4v) is 4.91. The van der Waals surface area contributed by atoms with Crippen molar-refractivity contribution >= 4 is 11.3 Å². The van der Waals surface area contributed by atoms with E-state index in [1.54, 1.807) is 17.7 Å². The van der Waals surface area contributed by atoms with Crippen LogP contribution in [-0.4, -0.2) is 34.5 Å². The van der Waals surface area contributed by atoms with Gasteiger partial charge in [-0.05, 0) is 80.1 Å². The molecule has 0 fully saturated rings. The zero-order valence-electron chi connectivity index (χ0n) is 23.3. The van der Waals surface area contributed by atoms with Gasteiger partial charge < -0.3 is 15.4 Å². The Morgan fingerprint density at radius 1 is 1.21 bits per heavy atom. The number of hydrogen-bond donors (Lipinski definition) is 1. The molecule has 3 aromatic rings. The lowest BCUT2D eigenvalue weighted by atomic mass is 9.90. The van der Waals surface area contributed by atoms with E-state index in [-0.39, 0.29) is 17.5 Å². The molecule has 0 bridgehead atoms.